The van der Waals surface area contributed by atoms with Gasteiger partial charge in [0.25, 0.3) is 5.89 Å². The van der Waals surface area contributed by atoms with Crippen molar-refractivity contribution in [2.45, 2.75) is 0 Å². The molecule has 0 aromatic carbocycles. The number of methoxy groups -OCH3 is 1. The summed E-state index contributed by atoms with van der Waals surface area (Å²) in [6, 6.07) is 1.64. The van der Waals surface area contributed by atoms with Crippen molar-refractivity contribution in [2.24, 2.45) is 0 Å². The molecule has 2 rings (SSSR count). The third-order valence-corrected chi connectivity index (χ3v) is 1.39. The highest BCUT2D eigenvalue weighted by Crippen LogP contribution is 2.12. The molecular formula is C7H6N4O2. The molecular weight excluding hydrogens is 172 g/mol. The quantitative estimate of drug-likeness (QED) is 0.667. The van der Waals surface area contributed by atoms with Crippen LogP contribution in [0.5, 0.6) is 5.88 Å². The molecule has 0 aliphatic carbocycles. The molecule has 13 heavy (non-hydrogen) atoms. The lowest BCUT2D eigenvalue weighted by atomic mass is 10.5. The fourth-order valence-corrected chi connectivity index (χ4v) is 0.831. The fraction of sp³-hybridized carbons (Fsp3) is 0.143. The average Bonchev–Trinajstić information content (AvgIpc) is 2.71. The maximum atomic E-state index is 4.91. The Labute approximate surface area is 73.6 Å². The lowest BCUT2D eigenvalue weighted by Gasteiger charge is -1.97. The molecule has 0 saturated carbocycles. The van der Waals surface area contributed by atoms with E-state index in [4.69, 9.17) is 9.26 Å². The second-order valence-corrected chi connectivity index (χ2v) is 2.17. The lowest BCUT2D eigenvalue weighted by Crippen LogP contribution is -1.92. The van der Waals surface area contributed by atoms with Gasteiger partial charge in [-0.25, -0.2) is 4.98 Å². The van der Waals surface area contributed by atoms with Crippen molar-refractivity contribution < 1.29 is 9.26 Å². The first-order valence-corrected chi connectivity index (χ1v) is 3.54. The van der Waals surface area contributed by atoms with Gasteiger partial charge in [-0.1, -0.05) is 5.16 Å². The molecule has 0 fully saturated rings. The Bertz CT molecular complexity index is 387. The Morgan fingerprint density at radius 2 is 2.31 bits per heavy atom. The predicted molar refractivity (Wildman–Crippen MR) is 41.9 cm³/mol. The summed E-state index contributed by atoms with van der Waals surface area (Å²) in [6.45, 7) is 0. The van der Waals surface area contributed by atoms with Crippen LogP contribution in [0.4, 0.5) is 0 Å². The Hall–Kier alpha value is -1.98. The van der Waals surface area contributed by atoms with Crippen molar-refractivity contribution >= 4 is 0 Å². The van der Waals surface area contributed by atoms with Crippen molar-refractivity contribution in [3.63, 3.8) is 0 Å². The van der Waals surface area contributed by atoms with Gasteiger partial charge in [0.15, 0.2) is 6.33 Å². The standard InChI is InChI=1S/C7H6N4O2/c1-12-5-2-3-8-6(11-5)7-9-4-10-13-7/h2-4H,1H3. The number of hydrogen-bond donors (Lipinski definition) is 0. The van der Waals surface area contributed by atoms with E-state index in [1.54, 1.807) is 12.3 Å². The monoisotopic (exact) mass is 178 g/mol. The van der Waals surface area contributed by atoms with Crippen LogP contribution in [0.25, 0.3) is 11.7 Å². The molecule has 0 bridgehead atoms. The van der Waals surface area contributed by atoms with Gasteiger partial charge in [-0.3, -0.25) is 0 Å². The summed E-state index contributed by atoms with van der Waals surface area (Å²) in [5.74, 6) is 1.10. The van der Waals surface area contributed by atoms with E-state index in [-0.39, 0.29) is 5.89 Å². The minimum atomic E-state index is 0.277. The first-order valence-electron chi connectivity index (χ1n) is 3.54. The van der Waals surface area contributed by atoms with Crippen LogP contribution >= 0.6 is 0 Å². The summed E-state index contributed by atoms with van der Waals surface area (Å²) in [6.07, 6.45) is 2.85. The normalized spacial score (nSPS) is 9.92. The molecule has 0 amide bonds. The van der Waals surface area contributed by atoms with Crippen LogP contribution in [0, 0.1) is 0 Å². The van der Waals surface area contributed by atoms with Crippen molar-refractivity contribution in [3.8, 4) is 17.6 Å². The highest BCUT2D eigenvalue weighted by Gasteiger charge is 2.07. The third kappa shape index (κ3) is 1.46. The van der Waals surface area contributed by atoms with E-state index in [0.717, 1.165) is 0 Å². The van der Waals surface area contributed by atoms with E-state index in [1.165, 1.54) is 13.4 Å². The van der Waals surface area contributed by atoms with E-state index < -0.39 is 0 Å². The Morgan fingerprint density at radius 1 is 1.38 bits per heavy atom. The molecule has 0 saturated heterocycles. The minimum Gasteiger partial charge on any atom is -0.481 e. The molecule has 0 N–H and O–H groups in total. The summed E-state index contributed by atoms with van der Waals surface area (Å²) >= 11 is 0. The zero-order chi connectivity index (χ0) is 9.10. The highest BCUT2D eigenvalue weighted by atomic mass is 16.5. The van der Waals surface area contributed by atoms with Gasteiger partial charge in [0.2, 0.25) is 11.7 Å². The predicted octanol–water partition coefficient (Wildman–Crippen LogP) is 0.535. The van der Waals surface area contributed by atoms with Crippen LogP contribution in [-0.2, 0) is 0 Å². The second-order valence-electron chi connectivity index (χ2n) is 2.17. The van der Waals surface area contributed by atoms with E-state index in [9.17, 15) is 0 Å². The van der Waals surface area contributed by atoms with Gasteiger partial charge >= 0.3 is 0 Å². The molecule has 0 unspecified atom stereocenters. The molecule has 2 aromatic rings. The molecule has 2 heterocycles. The molecule has 0 spiro atoms. The van der Waals surface area contributed by atoms with Crippen LogP contribution in [0.1, 0.15) is 0 Å². The van der Waals surface area contributed by atoms with Crippen LogP contribution in [-0.4, -0.2) is 27.2 Å². The summed E-state index contributed by atoms with van der Waals surface area (Å²) < 4.78 is 9.69. The molecule has 2 aromatic heterocycles. The third-order valence-electron chi connectivity index (χ3n) is 1.39. The number of nitrogens with zero attached hydrogens (tertiary/aromatic N) is 4. The van der Waals surface area contributed by atoms with Gasteiger partial charge in [-0.2, -0.15) is 9.97 Å². The molecule has 0 aliphatic heterocycles. The molecule has 66 valence electrons. The number of ether oxygens (including phenoxy) is 1. The van der Waals surface area contributed by atoms with Crippen molar-refractivity contribution in [2.75, 3.05) is 7.11 Å². The molecule has 0 aliphatic rings. The molecule has 0 radical (unpaired) electrons. The Balaban J connectivity index is 2.41. The van der Waals surface area contributed by atoms with Crippen molar-refractivity contribution in [3.05, 3.63) is 18.6 Å². The minimum absolute atomic E-state index is 0.277. The topological polar surface area (TPSA) is 73.9 Å². The van der Waals surface area contributed by atoms with Gasteiger partial charge in [0.1, 0.15) is 0 Å². The lowest BCUT2D eigenvalue weighted by molar-refractivity contribution is 0.394. The maximum absolute atomic E-state index is 4.91. The molecule has 0 atom stereocenters. The van der Waals surface area contributed by atoms with Crippen LogP contribution in [0.2, 0.25) is 0 Å². The Kier molecular flexibility index (Phi) is 1.87. The largest absolute Gasteiger partial charge is 0.481 e. The SMILES string of the molecule is COc1ccnc(-c2ncno2)n1. The molecule has 6 heteroatoms. The first-order chi connectivity index (χ1) is 6.40. The van der Waals surface area contributed by atoms with Gasteiger partial charge in [0, 0.05) is 12.3 Å². The van der Waals surface area contributed by atoms with Crippen molar-refractivity contribution in [1.29, 1.82) is 0 Å². The first kappa shape index (κ1) is 7.66. The van der Waals surface area contributed by atoms with Crippen LogP contribution in [0.15, 0.2) is 23.1 Å². The average molecular weight is 178 g/mol. The Morgan fingerprint density at radius 3 is 3.00 bits per heavy atom. The molecule has 6 nitrogen and oxygen atoms in total. The van der Waals surface area contributed by atoms with E-state index in [2.05, 4.69) is 20.1 Å². The fourth-order valence-electron chi connectivity index (χ4n) is 0.831. The van der Waals surface area contributed by atoms with Gasteiger partial charge < -0.3 is 9.26 Å². The van der Waals surface area contributed by atoms with E-state index in [1.807, 2.05) is 0 Å². The number of aromatic nitrogens is 4. The summed E-state index contributed by atoms with van der Waals surface area (Å²) in [7, 11) is 1.53. The van der Waals surface area contributed by atoms with E-state index in [0.29, 0.717) is 11.7 Å². The highest BCUT2D eigenvalue weighted by molar-refractivity contribution is 5.39. The zero-order valence-electron chi connectivity index (χ0n) is 6.84. The summed E-state index contributed by atoms with van der Waals surface area (Å²) in [5.41, 5.74) is 0. The van der Waals surface area contributed by atoms with Gasteiger partial charge in [0.05, 0.1) is 7.11 Å². The van der Waals surface area contributed by atoms with Gasteiger partial charge in [-0.05, 0) is 0 Å². The number of rotatable bonds is 2. The summed E-state index contributed by atoms with van der Waals surface area (Å²) in [5, 5.41) is 3.45. The van der Waals surface area contributed by atoms with Crippen LogP contribution in [0.3, 0.4) is 0 Å². The van der Waals surface area contributed by atoms with Gasteiger partial charge in [-0.15, -0.1) is 0 Å². The van der Waals surface area contributed by atoms with E-state index >= 15 is 0 Å². The number of hydrogen-bond acceptors (Lipinski definition) is 6. The second kappa shape index (κ2) is 3.18. The smallest absolute Gasteiger partial charge is 0.295 e. The van der Waals surface area contributed by atoms with Crippen molar-refractivity contribution in [1.82, 2.24) is 20.1 Å². The van der Waals surface area contributed by atoms with Crippen LogP contribution < -0.4 is 4.74 Å². The maximum Gasteiger partial charge on any atom is 0.295 e. The summed E-state index contributed by atoms with van der Waals surface area (Å²) in [4.78, 5) is 11.8. The zero-order valence-corrected chi connectivity index (χ0v) is 6.84.